The van der Waals surface area contributed by atoms with E-state index in [1.165, 1.54) is 24.2 Å². The van der Waals surface area contributed by atoms with Gasteiger partial charge in [-0.15, -0.1) is 0 Å². The third kappa shape index (κ3) is 2.13. The lowest BCUT2D eigenvalue weighted by Gasteiger charge is -2.11. The van der Waals surface area contributed by atoms with Gasteiger partial charge in [-0.1, -0.05) is 0 Å². The second kappa shape index (κ2) is 4.37. The summed E-state index contributed by atoms with van der Waals surface area (Å²) < 4.78 is 4.61. The van der Waals surface area contributed by atoms with Crippen LogP contribution in [0.1, 0.15) is 30.3 Å². The standard InChI is InChI=1S/C13H18N4/c1-14-7-12-3-2-6-16(12)9-13-8-15-10-17(13)11-4-5-11/h2-3,6,8,10-11,14H,4-5,7,9H2,1H3. The molecule has 2 heterocycles. The monoisotopic (exact) mass is 230 g/mol. The lowest BCUT2D eigenvalue weighted by atomic mass is 10.4. The van der Waals surface area contributed by atoms with Crippen LogP contribution < -0.4 is 5.32 Å². The first-order valence-corrected chi connectivity index (χ1v) is 6.18. The molecule has 0 atom stereocenters. The van der Waals surface area contributed by atoms with Crippen molar-refractivity contribution in [1.29, 1.82) is 0 Å². The van der Waals surface area contributed by atoms with Gasteiger partial charge in [0.05, 0.1) is 18.6 Å². The SMILES string of the molecule is CNCc1cccn1Cc1cncn1C1CC1. The average molecular weight is 230 g/mol. The Morgan fingerprint density at radius 3 is 3.06 bits per heavy atom. The Balaban J connectivity index is 1.81. The first-order chi connectivity index (χ1) is 8.38. The molecule has 2 aromatic rings. The highest BCUT2D eigenvalue weighted by molar-refractivity contribution is 5.11. The second-order valence-corrected chi connectivity index (χ2v) is 4.68. The molecule has 17 heavy (non-hydrogen) atoms. The van der Waals surface area contributed by atoms with Gasteiger partial charge in [-0.25, -0.2) is 4.98 Å². The van der Waals surface area contributed by atoms with Crippen LogP contribution >= 0.6 is 0 Å². The Bertz CT molecular complexity index is 493. The number of hydrogen-bond acceptors (Lipinski definition) is 2. The molecule has 0 aliphatic heterocycles. The van der Waals surface area contributed by atoms with Gasteiger partial charge in [-0.3, -0.25) is 0 Å². The minimum absolute atomic E-state index is 0.704. The van der Waals surface area contributed by atoms with Gasteiger partial charge in [-0.05, 0) is 32.0 Å². The quantitative estimate of drug-likeness (QED) is 0.849. The van der Waals surface area contributed by atoms with Crippen LogP contribution in [0, 0.1) is 0 Å². The molecular weight excluding hydrogens is 212 g/mol. The van der Waals surface area contributed by atoms with E-state index < -0.39 is 0 Å². The molecule has 0 amide bonds. The molecule has 4 nitrogen and oxygen atoms in total. The highest BCUT2D eigenvalue weighted by Crippen LogP contribution is 2.35. The van der Waals surface area contributed by atoms with Crippen LogP contribution in [-0.4, -0.2) is 21.2 Å². The third-order valence-corrected chi connectivity index (χ3v) is 3.30. The summed E-state index contributed by atoms with van der Waals surface area (Å²) in [5.74, 6) is 0. The van der Waals surface area contributed by atoms with Crippen LogP contribution in [-0.2, 0) is 13.1 Å². The van der Waals surface area contributed by atoms with Crippen molar-refractivity contribution in [3.05, 3.63) is 42.2 Å². The van der Waals surface area contributed by atoms with Crippen LogP contribution in [0.2, 0.25) is 0 Å². The Hall–Kier alpha value is -1.55. The van der Waals surface area contributed by atoms with Gasteiger partial charge < -0.3 is 14.5 Å². The van der Waals surface area contributed by atoms with Gasteiger partial charge >= 0.3 is 0 Å². The predicted octanol–water partition coefficient (Wildman–Crippen LogP) is 1.79. The Kier molecular flexibility index (Phi) is 2.73. The van der Waals surface area contributed by atoms with Crippen LogP contribution in [0.25, 0.3) is 0 Å². The molecule has 1 fully saturated rings. The zero-order valence-electron chi connectivity index (χ0n) is 10.1. The van der Waals surface area contributed by atoms with Gasteiger partial charge in [0.25, 0.3) is 0 Å². The van der Waals surface area contributed by atoms with E-state index >= 15 is 0 Å². The molecule has 90 valence electrons. The van der Waals surface area contributed by atoms with Gasteiger partial charge in [0, 0.05) is 30.7 Å². The van der Waals surface area contributed by atoms with E-state index in [-0.39, 0.29) is 0 Å². The number of aromatic nitrogens is 3. The molecule has 0 aromatic carbocycles. The van der Waals surface area contributed by atoms with Crippen molar-refractivity contribution in [3.8, 4) is 0 Å². The normalized spacial score (nSPS) is 15.4. The third-order valence-electron chi connectivity index (χ3n) is 3.30. The maximum atomic E-state index is 4.27. The summed E-state index contributed by atoms with van der Waals surface area (Å²) in [4.78, 5) is 4.27. The van der Waals surface area contributed by atoms with E-state index in [0.717, 1.165) is 13.1 Å². The fraction of sp³-hybridized carbons (Fsp3) is 0.462. The van der Waals surface area contributed by atoms with Crippen LogP contribution in [0.4, 0.5) is 0 Å². The minimum Gasteiger partial charge on any atom is -0.344 e. The summed E-state index contributed by atoms with van der Waals surface area (Å²) in [7, 11) is 1.98. The van der Waals surface area contributed by atoms with Crippen molar-refractivity contribution in [3.63, 3.8) is 0 Å². The maximum Gasteiger partial charge on any atom is 0.0951 e. The fourth-order valence-electron chi connectivity index (χ4n) is 2.26. The molecule has 0 radical (unpaired) electrons. The molecule has 1 aliphatic rings. The van der Waals surface area contributed by atoms with Gasteiger partial charge in [0.2, 0.25) is 0 Å². The van der Waals surface area contributed by atoms with Crippen LogP contribution in [0.5, 0.6) is 0 Å². The van der Waals surface area contributed by atoms with Crippen molar-refractivity contribution in [2.45, 2.75) is 32.0 Å². The Morgan fingerprint density at radius 1 is 1.41 bits per heavy atom. The molecule has 3 rings (SSSR count). The maximum absolute atomic E-state index is 4.27. The van der Waals surface area contributed by atoms with E-state index in [0.29, 0.717) is 6.04 Å². The molecule has 2 aromatic heterocycles. The molecule has 1 saturated carbocycles. The highest BCUT2D eigenvalue weighted by atomic mass is 15.1. The summed E-state index contributed by atoms with van der Waals surface area (Å²) in [6, 6.07) is 4.97. The lowest BCUT2D eigenvalue weighted by molar-refractivity contribution is 0.631. The van der Waals surface area contributed by atoms with Crippen molar-refractivity contribution in [2.75, 3.05) is 7.05 Å². The first-order valence-electron chi connectivity index (χ1n) is 6.18. The van der Waals surface area contributed by atoms with Crippen molar-refractivity contribution in [2.24, 2.45) is 0 Å². The van der Waals surface area contributed by atoms with Crippen molar-refractivity contribution >= 4 is 0 Å². The molecule has 0 unspecified atom stereocenters. The van der Waals surface area contributed by atoms with Gasteiger partial charge in [-0.2, -0.15) is 0 Å². The molecule has 0 bridgehead atoms. The summed E-state index contributed by atoms with van der Waals surface area (Å²) >= 11 is 0. The number of imidazole rings is 1. The lowest BCUT2D eigenvalue weighted by Crippen LogP contribution is -2.13. The summed E-state index contributed by atoms with van der Waals surface area (Å²) in [6.45, 7) is 1.82. The molecule has 1 N–H and O–H groups in total. The second-order valence-electron chi connectivity index (χ2n) is 4.68. The van der Waals surface area contributed by atoms with Gasteiger partial charge in [0.15, 0.2) is 0 Å². The zero-order chi connectivity index (χ0) is 11.7. The molecular formula is C13H18N4. The smallest absolute Gasteiger partial charge is 0.0951 e. The van der Waals surface area contributed by atoms with Crippen molar-refractivity contribution < 1.29 is 0 Å². The molecule has 0 saturated heterocycles. The van der Waals surface area contributed by atoms with E-state index in [2.05, 4.69) is 37.8 Å². The van der Waals surface area contributed by atoms with E-state index in [4.69, 9.17) is 0 Å². The van der Waals surface area contributed by atoms with Crippen LogP contribution in [0.15, 0.2) is 30.9 Å². The minimum atomic E-state index is 0.704. The molecule has 4 heteroatoms. The largest absolute Gasteiger partial charge is 0.344 e. The number of hydrogen-bond donors (Lipinski definition) is 1. The van der Waals surface area contributed by atoms with Crippen molar-refractivity contribution in [1.82, 2.24) is 19.4 Å². The Labute approximate surface area is 101 Å². The highest BCUT2D eigenvalue weighted by Gasteiger charge is 2.25. The summed E-state index contributed by atoms with van der Waals surface area (Å²) in [5, 5.41) is 3.20. The number of nitrogens with one attached hydrogen (secondary N) is 1. The number of rotatable bonds is 5. The Morgan fingerprint density at radius 2 is 2.29 bits per heavy atom. The predicted molar refractivity (Wildman–Crippen MR) is 66.8 cm³/mol. The zero-order valence-corrected chi connectivity index (χ0v) is 10.1. The topological polar surface area (TPSA) is 34.8 Å². The van der Waals surface area contributed by atoms with Gasteiger partial charge in [0.1, 0.15) is 0 Å². The van der Waals surface area contributed by atoms with Crippen LogP contribution in [0.3, 0.4) is 0 Å². The van der Waals surface area contributed by atoms with E-state index in [9.17, 15) is 0 Å². The molecule has 0 spiro atoms. The van der Waals surface area contributed by atoms with E-state index in [1.54, 1.807) is 0 Å². The average Bonchev–Trinajstić information content (AvgIpc) is 2.92. The molecule has 1 aliphatic carbocycles. The fourth-order valence-corrected chi connectivity index (χ4v) is 2.26. The van der Waals surface area contributed by atoms with E-state index in [1.807, 2.05) is 19.6 Å². The first kappa shape index (κ1) is 10.6. The summed E-state index contributed by atoms with van der Waals surface area (Å²) in [5.41, 5.74) is 2.62. The number of nitrogens with zero attached hydrogens (tertiary/aromatic N) is 3. The summed E-state index contributed by atoms with van der Waals surface area (Å²) in [6.07, 6.45) is 8.70.